The standard InChI is InChI=1S/C13H15BrN2O2/c1-8-4-5-9(14)6-10(8)16-7-11(17)15-13(2,3)12(16)18/h4-6H,7H2,1-3H3,(H,15,17). The number of aryl methyl sites for hydroxylation is 1. The van der Waals surface area contributed by atoms with Gasteiger partial charge in [-0.05, 0) is 38.5 Å². The number of rotatable bonds is 1. The molecular weight excluding hydrogens is 296 g/mol. The number of hydrogen-bond donors (Lipinski definition) is 1. The number of halogens is 1. The Hall–Kier alpha value is -1.36. The van der Waals surface area contributed by atoms with E-state index in [0.717, 1.165) is 15.7 Å². The van der Waals surface area contributed by atoms with Gasteiger partial charge in [-0.3, -0.25) is 9.59 Å². The van der Waals surface area contributed by atoms with Crippen molar-refractivity contribution in [2.45, 2.75) is 26.3 Å². The van der Waals surface area contributed by atoms with Crippen LogP contribution in [0, 0.1) is 6.92 Å². The number of amides is 2. The van der Waals surface area contributed by atoms with Gasteiger partial charge in [-0.2, -0.15) is 0 Å². The zero-order valence-corrected chi connectivity index (χ0v) is 12.2. The van der Waals surface area contributed by atoms with Gasteiger partial charge in [0.25, 0.3) is 5.91 Å². The molecule has 1 heterocycles. The Morgan fingerprint density at radius 2 is 2.00 bits per heavy atom. The summed E-state index contributed by atoms with van der Waals surface area (Å²) in [6.45, 7) is 5.42. The van der Waals surface area contributed by atoms with Gasteiger partial charge in [0.05, 0.1) is 0 Å². The minimum Gasteiger partial charge on any atom is -0.341 e. The van der Waals surface area contributed by atoms with E-state index in [1.807, 2.05) is 25.1 Å². The molecule has 5 heteroatoms. The molecule has 1 aliphatic heterocycles. The first-order chi connectivity index (χ1) is 8.31. The molecule has 0 bridgehead atoms. The van der Waals surface area contributed by atoms with E-state index in [0.29, 0.717) is 0 Å². The first-order valence-corrected chi connectivity index (χ1v) is 6.50. The third kappa shape index (κ3) is 2.27. The van der Waals surface area contributed by atoms with Gasteiger partial charge in [-0.1, -0.05) is 22.0 Å². The first kappa shape index (κ1) is 13.1. The summed E-state index contributed by atoms with van der Waals surface area (Å²) < 4.78 is 0.889. The average Bonchev–Trinajstić information content (AvgIpc) is 2.26. The Morgan fingerprint density at radius 1 is 1.33 bits per heavy atom. The Labute approximate surface area is 114 Å². The monoisotopic (exact) mass is 310 g/mol. The lowest BCUT2D eigenvalue weighted by Gasteiger charge is -2.38. The fraction of sp³-hybridized carbons (Fsp3) is 0.385. The zero-order chi connectivity index (χ0) is 13.5. The molecule has 96 valence electrons. The molecule has 2 amide bonds. The van der Waals surface area contributed by atoms with Crippen molar-refractivity contribution in [3.63, 3.8) is 0 Å². The van der Waals surface area contributed by atoms with Crippen LogP contribution >= 0.6 is 15.9 Å². The van der Waals surface area contributed by atoms with Crippen molar-refractivity contribution in [2.75, 3.05) is 11.4 Å². The molecular formula is C13H15BrN2O2. The molecule has 1 aliphatic rings. The molecule has 2 rings (SSSR count). The van der Waals surface area contributed by atoms with Crippen molar-refractivity contribution < 1.29 is 9.59 Å². The number of benzene rings is 1. The minimum absolute atomic E-state index is 0.0690. The topological polar surface area (TPSA) is 49.4 Å². The molecule has 0 unspecified atom stereocenters. The average molecular weight is 311 g/mol. The van der Waals surface area contributed by atoms with Crippen molar-refractivity contribution in [3.05, 3.63) is 28.2 Å². The van der Waals surface area contributed by atoms with Crippen LogP contribution in [0.25, 0.3) is 0 Å². The largest absolute Gasteiger partial charge is 0.341 e. The third-order valence-electron chi connectivity index (χ3n) is 3.00. The van der Waals surface area contributed by atoms with Crippen LogP contribution in [0.2, 0.25) is 0 Å². The molecule has 0 atom stereocenters. The highest BCUT2D eigenvalue weighted by atomic mass is 79.9. The smallest absolute Gasteiger partial charge is 0.252 e. The number of carbonyl (C=O) groups excluding carboxylic acids is 2. The van der Waals surface area contributed by atoms with Gasteiger partial charge >= 0.3 is 0 Å². The highest BCUT2D eigenvalue weighted by Gasteiger charge is 2.40. The van der Waals surface area contributed by atoms with E-state index < -0.39 is 5.54 Å². The summed E-state index contributed by atoms with van der Waals surface area (Å²) in [6.07, 6.45) is 0. The molecule has 0 aromatic heterocycles. The number of carbonyl (C=O) groups is 2. The highest BCUT2D eigenvalue weighted by molar-refractivity contribution is 9.10. The van der Waals surface area contributed by atoms with E-state index in [2.05, 4.69) is 21.2 Å². The molecule has 0 aliphatic carbocycles. The predicted octanol–water partition coefficient (Wildman–Crippen LogP) is 2.00. The van der Waals surface area contributed by atoms with Crippen LogP contribution in [0.3, 0.4) is 0 Å². The van der Waals surface area contributed by atoms with Crippen molar-refractivity contribution >= 4 is 33.4 Å². The number of piperazine rings is 1. The third-order valence-corrected chi connectivity index (χ3v) is 3.49. The van der Waals surface area contributed by atoms with Crippen LogP contribution in [-0.4, -0.2) is 23.9 Å². The SMILES string of the molecule is Cc1ccc(Br)cc1N1CC(=O)NC(C)(C)C1=O. The van der Waals surface area contributed by atoms with E-state index in [1.54, 1.807) is 18.7 Å². The van der Waals surface area contributed by atoms with Crippen LogP contribution in [0.5, 0.6) is 0 Å². The highest BCUT2D eigenvalue weighted by Crippen LogP contribution is 2.28. The quantitative estimate of drug-likeness (QED) is 0.862. The number of nitrogens with zero attached hydrogens (tertiary/aromatic N) is 1. The summed E-state index contributed by atoms with van der Waals surface area (Å²) >= 11 is 3.39. The van der Waals surface area contributed by atoms with E-state index in [-0.39, 0.29) is 18.4 Å². The van der Waals surface area contributed by atoms with Crippen LogP contribution in [0.1, 0.15) is 19.4 Å². The molecule has 1 fully saturated rings. The normalized spacial score (nSPS) is 18.8. The van der Waals surface area contributed by atoms with Crippen LogP contribution < -0.4 is 10.2 Å². The van der Waals surface area contributed by atoms with Crippen molar-refractivity contribution in [1.29, 1.82) is 0 Å². The molecule has 1 N–H and O–H groups in total. The Morgan fingerprint density at radius 3 is 2.67 bits per heavy atom. The summed E-state index contributed by atoms with van der Waals surface area (Å²) in [5.41, 5.74) is 0.888. The Bertz CT molecular complexity index is 526. The molecule has 1 aromatic rings. The summed E-state index contributed by atoms with van der Waals surface area (Å²) in [4.78, 5) is 25.6. The second kappa shape index (κ2) is 4.39. The van der Waals surface area contributed by atoms with Gasteiger partial charge in [0, 0.05) is 10.2 Å². The second-order valence-electron chi connectivity index (χ2n) is 5.00. The predicted molar refractivity (Wildman–Crippen MR) is 73.5 cm³/mol. The maximum Gasteiger partial charge on any atom is 0.252 e. The fourth-order valence-corrected chi connectivity index (χ4v) is 2.41. The van der Waals surface area contributed by atoms with Crippen molar-refractivity contribution in [3.8, 4) is 0 Å². The Balaban J connectivity index is 2.46. The van der Waals surface area contributed by atoms with Crippen LogP contribution in [0.15, 0.2) is 22.7 Å². The lowest BCUT2D eigenvalue weighted by Crippen LogP contribution is -2.64. The lowest BCUT2D eigenvalue weighted by molar-refractivity contribution is -0.134. The number of nitrogens with one attached hydrogen (secondary N) is 1. The number of hydrogen-bond acceptors (Lipinski definition) is 2. The molecule has 0 spiro atoms. The van der Waals surface area contributed by atoms with Crippen molar-refractivity contribution in [2.24, 2.45) is 0 Å². The summed E-state index contributed by atoms with van der Waals surface area (Å²) in [6, 6.07) is 5.70. The Kier molecular flexibility index (Phi) is 3.19. The molecule has 18 heavy (non-hydrogen) atoms. The zero-order valence-electron chi connectivity index (χ0n) is 10.6. The molecule has 1 saturated heterocycles. The molecule has 4 nitrogen and oxygen atoms in total. The van der Waals surface area contributed by atoms with Gasteiger partial charge in [-0.25, -0.2) is 0 Å². The van der Waals surface area contributed by atoms with E-state index >= 15 is 0 Å². The second-order valence-corrected chi connectivity index (χ2v) is 5.91. The van der Waals surface area contributed by atoms with Gasteiger partial charge in [0.1, 0.15) is 12.1 Å². The molecule has 1 aromatic carbocycles. The lowest BCUT2D eigenvalue weighted by atomic mass is 9.99. The number of anilines is 1. The van der Waals surface area contributed by atoms with Gasteiger partial charge in [0.2, 0.25) is 5.91 Å². The maximum absolute atomic E-state index is 12.4. The molecule has 0 radical (unpaired) electrons. The maximum atomic E-state index is 12.4. The van der Waals surface area contributed by atoms with Gasteiger partial charge < -0.3 is 10.2 Å². The minimum atomic E-state index is -0.857. The first-order valence-electron chi connectivity index (χ1n) is 5.70. The molecule has 0 saturated carbocycles. The summed E-state index contributed by atoms with van der Waals surface area (Å²) in [5, 5.41) is 2.70. The van der Waals surface area contributed by atoms with Crippen LogP contribution in [0.4, 0.5) is 5.69 Å². The van der Waals surface area contributed by atoms with Crippen LogP contribution in [-0.2, 0) is 9.59 Å². The van der Waals surface area contributed by atoms with Crippen molar-refractivity contribution in [1.82, 2.24) is 5.32 Å². The van der Waals surface area contributed by atoms with Gasteiger partial charge in [0.15, 0.2) is 0 Å². The summed E-state index contributed by atoms with van der Waals surface area (Å²) in [5.74, 6) is -0.234. The summed E-state index contributed by atoms with van der Waals surface area (Å²) in [7, 11) is 0. The van der Waals surface area contributed by atoms with Gasteiger partial charge in [-0.15, -0.1) is 0 Å². The van der Waals surface area contributed by atoms with E-state index in [9.17, 15) is 9.59 Å². The fourth-order valence-electron chi connectivity index (χ4n) is 2.06. The van der Waals surface area contributed by atoms with E-state index in [4.69, 9.17) is 0 Å². The van der Waals surface area contributed by atoms with E-state index in [1.165, 1.54) is 0 Å².